The zero-order chi connectivity index (χ0) is 22.4. The lowest BCUT2D eigenvalue weighted by Crippen LogP contribution is -2.29. The van der Waals surface area contributed by atoms with Crippen LogP contribution in [0.3, 0.4) is 0 Å². The maximum Gasteiger partial charge on any atom is 0.339 e. The second-order valence-electron chi connectivity index (χ2n) is 6.59. The lowest BCUT2D eigenvalue weighted by molar-refractivity contribution is 0.0492. The molecule has 162 valence electrons. The minimum Gasteiger partial charge on any atom is -0.462 e. The van der Waals surface area contributed by atoms with Gasteiger partial charge in [-0.3, -0.25) is 0 Å². The minimum absolute atomic E-state index is 0.0288. The largest absolute Gasteiger partial charge is 0.462 e. The highest BCUT2D eigenvalue weighted by Crippen LogP contribution is 2.23. The van der Waals surface area contributed by atoms with Gasteiger partial charge in [-0.2, -0.15) is 0 Å². The summed E-state index contributed by atoms with van der Waals surface area (Å²) in [6.07, 6.45) is 0.168. The molecule has 31 heavy (non-hydrogen) atoms. The number of carbonyl (C=O) groups excluding carboxylic acids is 1. The Kier molecular flexibility index (Phi) is 7.67. The highest BCUT2D eigenvalue weighted by molar-refractivity contribution is 7.89. The van der Waals surface area contributed by atoms with Crippen LogP contribution in [0.1, 0.15) is 28.4 Å². The van der Waals surface area contributed by atoms with E-state index in [1.54, 1.807) is 24.3 Å². The fraction of sp³-hybridized carbons (Fsp3) is 0.136. The van der Waals surface area contributed by atoms with E-state index in [0.717, 1.165) is 12.1 Å². The zero-order valence-corrected chi connectivity index (χ0v) is 18.4. The Balaban J connectivity index is 1.72. The molecule has 0 aromatic heterocycles. The topological polar surface area (TPSA) is 72.5 Å². The number of carbonyl (C=O) groups is 1. The number of esters is 1. The molecule has 0 heterocycles. The van der Waals surface area contributed by atoms with Crippen LogP contribution in [0.15, 0.2) is 77.7 Å². The van der Waals surface area contributed by atoms with Crippen LogP contribution in [-0.4, -0.2) is 21.0 Å². The summed E-state index contributed by atoms with van der Waals surface area (Å²) in [5.41, 5.74) is 0.733. The van der Waals surface area contributed by atoms with Gasteiger partial charge in [0.05, 0.1) is 28.1 Å². The van der Waals surface area contributed by atoms with Crippen molar-refractivity contribution in [1.29, 1.82) is 0 Å². The summed E-state index contributed by atoms with van der Waals surface area (Å²) in [5, 5.41) is 0.359. The quantitative estimate of drug-likeness (QED) is 0.437. The van der Waals surface area contributed by atoms with E-state index in [2.05, 4.69) is 4.72 Å². The number of hydrogen-bond donors (Lipinski definition) is 1. The van der Waals surface area contributed by atoms with Crippen LogP contribution in [0.4, 0.5) is 4.39 Å². The molecule has 1 N–H and O–H groups in total. The van der Waals surface area contributed by atoms with Crippen LogP contribution in [0.5, 0.6) is 0 Å². The molecule has 0 fully saturated rings. The van der Waals surface area contributed by atoms with Crippen LogP contribution in [0, 0.1) is 5.82 Å². The van der Waals surface area contributed by atoms with Crippen molar-refractivity contribution in [3.8, 4) is 0 Å². The van der Waals surface area contributed by atoms with Crippen molar-refractivity contribution >= 4 is 39.2 Å². The predicted molar refractivity (Wildman–Crippen MR) is 117 cm³/mol. The molecule has 0 saturated heterocycles. The van der Waals surface area contributed by atoms with Crippen molar-refractivity contribution in [2.75, 3.05) is 6.61 Å². The van der Waals surface area contributed by atoms with Gasteiger partial charge < -0.3 is 4.74 Å². The van der Waals surface area contributed by atoms with Gasteiger partial charge in [0.1, 0.15) is 5.82 Å². The van der Waals surface area contributed by atoms with Gasteiger partial charge >= 0.3 is 5.97 Å². The first kappa shape index (κ1) is 23.2. The molecule has 0 radical (unpaired) electrons. The Morgan fingerprint density at radius 3 is 2.32 bits per heavy atom. The lowest BCUT2D eigenvalue weighted by Gasteiger charge is -2.19. The zero-order valence-electron chi connectivity index (χ0n) is 16.1. The van der Waals surface area contributed by atoms with Crippen molar-refractivity contribution < 1.29 is 22.3 Å². The number of sulfonamides is 1. The van der Waals surface area contributed by atoms with Crippen molar-refractivity contribution in [1.82, 2.24) is 4.72 Å². The van der Waals surface area contributed by atoms with Crippen LogP contribution >= 0.6 is 23.2 Å². The van der Waals surface area contributed by atoms with Crippen LogP contribution in [0.25, 0.3) is 0 Å². The summed E-state index contributed by atoms with van der Waals surface area (Å²) in [4.78, 5) is 12.3. The van der Waals surface area contributed by atoms with Gasteiger partial charge in [0.25, 0.3) is 0 Å². The SMILES string of the molecule is O=C(OCC[C@@H](NS(=O)(=O)c1ccc(Cl)cc1)c1ccccc1)c1ccc(F)cc1Cl. The van der Waals surface area contributed by atoms with E-state index in [4.69, 9.17) is 27.9 Å². The van der Waals surface area contributed by atoms with Crippen molar-refractivity contribution in [2.24, 2.45) is 0 Å². The summed E-state index contributed by atoms with van der Waals surface area (Å²) in [6, 6.07) is 17.4. The molecule has 0 amide bonds. The molecule has 0 spiro atoms. The van der Waals surface area contributed by atoms with Crippen LogP contribution in [-0.2, 0) is 14.8 Å². The van der Waals surface area contributed by atoms with E-state index in [9.17, 15) is 17.6 Å². The first-order valence-corrected chi connectivity index (χ1v) is 11.5. The van der Waals surface area contributed by atoms with Gasteiger partial charge in [-0.15, -0.1) is 0 Å². The summed E-state index contributed by atoms with van der Waals surface area (Å²) >= 11 is 11.7. The molecule has 0 bridgehead atoms. The highest BCUT2D eigenvalue weighted by atomic mass is 35.5. The van der Waals surface area contributed by atoms with Crippen LogP contribution in [0.2, 0.25) is 10.0 Å². The van der Waals surface area contributed by atoms with Gasteiger partial charge in [0.15, 0.2) is 0 Å². The molecule has 1 atom stereocenters. The molecular weight excluding hydrogens is 464 g/mol. The van der Waals surface area contributed by atoms with E-state index in [-0.39, 0.29) is 28.5 Å². The van der Waals surface area contributed by atoms with Crippen molar-refractivity contribution in [3.63, 3.8) is 0 Å². The number of benzene rings is 3. The molecule has 0 unspecified atom stereocenters. The maximum absolute atomic E-state index is 13.2. The first-order chi connectivity index (χ1) is 14.8. The molecule has 3 aromatic rings. The predicted octanol–water partition coefficient (Wildman–Crippen LogP) is 5.40. The number of nitrogens with one attached hydrogen (secondary N) is 1. The lowest BCUT2D eigenvalue weighted by atomic mass is 10.1. The van der Waals surface area contributed by atoms with E-state index in [0.29, 0.717) is 10.6 Å². The number of halogens is 3. The standard InChI is InChI=1S/C22H18Cl2FNO4S/c23-16-6-9-18(10-7-16)31(28,29)26-21(15-4-2-1-3-5-15)12-13-30-22(27)19-11-8-17(25)14-20(19)24/h1-11,14,21,26H,12-13H2/t21-/m1/s1. The summed E-state index contributed by atoms with van der Waals surface area (Å²) in [7, 11) is -3.85. The normalized spacial score (nSPS) is 12.4. The summed E-state index contributed by atoms with van der Waals surface area (Å²) in [6.45, 7) is -0.0881. The molecule has 3 aromatic carbocycles. The average Bonchev–Trinajstić information content (AvgIpc) is 2.73. The average molecular weight is 482 g/mol. The summed E-state index contributed by atoms with van der Waals surface area (Å²) in [5.74, 6) is -1.29. The smallest absolute Gasteiger partial charge is 0.339 e. The number of rotatable bonds is 8. The Hall–Kier alpha value is -2.45. The second-order valence-corrected chi connectivity index (χ2v) is 9.14. The molecule has 0 aliphatic rings. The maximum atomic E-state index is 13.2. The second kappa shape index (κ2) is 10.2. The van der Waals surface area contributed by atoms with Crippen LogP contribution < -0.4 is 4.72 Å². The first-order valence-electron chi connectivity index (χ1n) is 9.21. The third-order valence-corrected chi connectivity index (χ3v) is 6.47. The van der Waals surface area contributed by atoms with Gasteiger partial charge in [0.2, 0.25) is 10.0 Å². The molecule has 5 nitrogen and oxygen atoms in total. The Morgan fingerprint density at radius 2 is 1.68 bits per heavy atom. The molecular formula is C22H18Cl2FNO4S. The van der Waals surface area contributed by atoms with Gasteiger partial charge in [-0.25, -0.2) is 22.3 Å². The Morgan fingerprint density at radius 1 is 1.00 bits per heavy atom. The third kappa shape index (κ3) is 6.27. The minimum atomic E-state index is -3.85. The highest BCUT2D eigenvalue weighted by Gasteiger charge is 2.22. The van der Waals surface area contributed by atoms with E-state index in [1.807, 2.05) is 6.07 Å². The van der Waals surface area contributed by atoms with E-state index < -0.39 is 27.9 Å². The molecule has 0 aliphatic heterocycles. The van der Waals surface area contributed by atoms with E-state index in [1.165, 1.54) is 30.3 Å². The molecule has 0 saturated carbocycles. The van der Waals surface area contributed by atoms with Crippen molar-refractivity contribution in [2.45, 2.75) is 17.4 Å². The molecule has 9 heteroatoms. The van der Waals surface area contributed by atoms with E-state index >= 15 is 0 Å². The molecule has 3 rings (SSSR count). The van der Waals surface area contributed by atoms with Gasteiger partial charge in [-0.05, 0) is 48.0 Å². The number of ether oxygens (including phenoxy) is 1. The Labute approximate surface area is 189 Å². The molecule has 0 aliphatic carbocycles. The fourth-order valence-electron chi connectivity index (χ4n) is 2.85. The summed E-state index contributed by atoms with van der Waals surface area (Å²) < 4.78 is 46.7. The Bertz CT molecular complexity index is 1160. The third-order valence-electron chi connectivity index (χ3n) is 4.41. The monoisotopic (exact) mass is 481 g/mol. The van der Waals surface area contributed by atoms with Gasteiger partial charge in [0, 0.05) is 11.4 Å². The fourth-order valence-corrected chi connectivity index (χ4v) is 4.48. The number of hydrogen-bond acceptors (Lipinski definition) is 4. The van der Waals surface area contributed by atoms with Gasteiger partial charge in [-0.1, -0.05) is 53.5 Å². The van der Waals surface area contributed by atoms with Crippen molar-refractivity contribution in [3.05, 3.63) is 99.8 Å².